The maximum atomic E-state index is 11.7. The largest absolute Gasteiger partial charge is 0.343 e. The van der Waals surface area contributed by atoms with Crippen LogP contribution < -0.4 is 0 Å². The number of carbonyl (C=O) groups excluding carboxylic acids is 1. The third-order valence-electron chi connectivity index (χ3n) is 3.26. The first-order valence-electron chi connectivity index (χ1n) is 6.11. The van der Waals surface area contributed by atoms with Crippen LogP contribution in [-0.4, -0.2) is 39.4 Å². The van der Waals surface area contributed by atoms with Crippen molar-refractivity contribution in [1.82, 2.24) is 14.7 Å². The average Bonchev–Trinajstić information content (AvgIpc) is 2.76. The Bertz CT molecular complexity index is 383. The van der Waals surface area contributed by atoms with Crippen LogP contribution >= 0.6 is 12.6 Å². The molecule has 1 aliphatic rings. The number of hydrogen-bond donors (Lipinski definition) is 1. The van der Waals surface area contributed by atoms with Crippen molar-refractivity contribution in [3.8, 4) is 0 Å². The van der Waals surface area contributed by atoms with E-state index in [0.717, 1.165) is 31.6 Å². The molecule has 1 fully saturated rings. The summed E-state index contributed by atoms with van der Waals surface area (Å²) in [5.74, 6) is 0.868. The Hall–Kier alpha value is -0.970. The molecule has 0 atom stereocenters. The molecule has 94 valence electrons. The zero-order valence-corrected chi connectivity index (χ0v) is 11.1. The number of aromatic nitrogens is 2. The summed E-state index contributed by atoms with van der Waals surface area (Å²) in [6.45, 7) is 3.69. The van der Waals surface area contributed by atoms with Crippen LogP contribution in [0.4, 0.5) is 0 Å². The second-order valence-corrected chi connectivity index (χ2v) is 4.97. The van der Waals surface area contributed by atoms with E-state index in [-0.39, 0.29) is 5.91 Å². The molecule has 17 heavy (non-hydrogen) atoms. The lowest BCUT2D eigenvalue weighted by molar-refractivity contribution is -0.132. The molecule has 5 heteroatoms. The number of piperidine rings is 1. The summed E-state index contributed by atoms with van der Waals surface area (Å²) in [5.41, 5.74) is 1.05. The first kappa shape index (κ1) is 12.5. The number of rotatable bonds is 3. The van der Waals surface area contributed by atoms with Crippen LogP contribution in [0.25, 0.3) is 0 Å². The molecular weight excluding hydrogens is 234 g/mol. The Labute approximate surface area is 107 Å². The zero-order chi connectivity index (χ0) is 12.3. The van der Waals surface area contributed by atoms with E-state index in [1.807, 2.05) is 28.8 Å². The first-order valence-corrected chi connectivity index (χ1v) is 6.74. The van der Waals surface area contributed by atoms with Gasteiger partial charge in [0.05, 0.1) is 11.7 Å². The van der Waals surface area contributed by atoms with E-state index in [2.05, 4.69) is 17.7 Å². The van der Waals surface area contributed by atoms with E-state index in [9.17, 15) is 4.79 Å². The quantitative estimate of drug-likeness (QED) is 0.832. The summed E-state index contributed by atoms with van der Waals surface area (Å²) in [6.07, 6.45) is 4.58. The van der Waals surface area contributed by atoms with E-state index in [1.54, 1.807) is 0 Å². The maximum absolute atomic E-state index is 11.7. The molecule has 0 N–H and O–H groups in total. The third kappa shape index (κ3) is 3.03. The van der Waals surface area contributed by atoms with Gasteiger partial charge in [-0.05, 0) is 31.6 Å². The molecule has 0 bridgehead atoms. The van der Waals surface area contributed by atoms with Crippen LogP contribution in [0.1, 0.15) is 31.0 Å². The lowest BCUT2D eigenvalue weighted by Crippen LogP contribution is -2.39. The van der Waals surface area contributed by atoms with Gasteiger partial charge in [-0.3, -0.25) is 9.48 Å². The highest BCUT2D eigenvalue weighted by Crippen LogP contribution is 2.22. The highest BCUT2D eigenvalue weighted by molar-refractivity contribution is 7.80. The van der Waals surface area contributed by atoms with Crippen LogP contribution in [0, 0.1) is 6.92 Å². The summed E-state index contributed by atoms with van der Waals surface area (Å²) in [4.78, 5) is 13.6. The van der Waals surface area contributed by atoms with Gasteiger partial charge >= 0.3 is 0 Å². The summed E-state index contributed by atoms with van der Waals surface area (Å²) < 4.78 is 2.04. The lowest BCUT2D eigenvalue weighted by Gasteiger charge is -2.32. The monoisotopic (exact) mass is 253 g/mol. The molecule has 4 nitrogen and oxygen atoms in total. The second kappa shape index (κ2) is 5.58. The van der Waals surface area contributed by atoms with Gasteiger partial charge in [-0.1, -0.05) is 0 Å². The standard InChI is InChI=1S/C12H19N3OS/c1-10-2-8-15(13-10)11-3-6-14(7-4-11)12(16)5-9-17/h2,8,11,17H,3-7,9H2,1H3. The number of aryl methyl sites for hydroxylation is 1. The molecule has 2 rings (SSSR count). The molecule has 1 amide bonds. The predicted molar refractivity (Wildman–Crippen MR) is 70.3 cm³/mol. The van der Waals surface area contributed by atoms with E-state index < -0.39 is 0 Å². The molecule has 1 saturated heterocycles. The normalized spacial score (nSPS) is 17.4. The Balaban J connectivity index is 1.88. The molecule has 0 unspecified atom stereocenters. The third-order valence-corrected chi connectivity index (χ3v) is 3.48. The number of likely N-dealkylation sites (tertiary alicyclic amines) is 1. The molecule has 0 spiro atoms. The Kier molecular flexibility index (Phi) is 4.10. The molecular formula is C12H19N3OS. The van der Waals surface area contributed by atoms with Gasteiger partial charge in [0.15, 0.2) is 0 Å². The summed E-state index contributed by atoms with van der Waals surface area (Å²) in [6, 6.07) is 2.47. The van der Waals surface area contributed by atoms with E-state index >= 15 is 0 Å². The predicted octanol–water partition coefficient (Wildman–Crippen LogP) is 1.67. The topological polar surface area (TPSA) is 38.1 Å². The van der Waals surface area contributed by atoms with Crippen molar-refractivity contribution in [3.05, 3.63) is 18.0 Å². The Morgan fingerprint density at radius 2 is 2.24 bits per heavy atom. The van der Waals surface area contributed by atoms with Crippen LogP contribution in [0.3, 0.4) is 0 Å². The minimum absolute atomic E-state index is 0.232. The van der Waals surface area contributed by atoms with Crippen LogP contribution in [0.15, 0.2) is 12.3 Å². The number of thiol groups is 1. The fraction of sp³-hybridized carbons (Fsp3) is 0.667. The molecule has 0 aromatic carbocycles. The van der Waals surface area contributed by atoms with Crippen LogP contribution in [0.2, 0.25) is 0 Å². The van der Waals surface area contributed by atoms with Crippen molar-refractivity contribution in [1.29, 1.82) is 0 Å². The van der Waals surface area contributed by atoms with Crippen molar-refractivity contribution in [2.75, 3.05) is 18.8 Å². The highest BCUT2D eigenvalue weighted by atomic mass is 32.1. The Morgan fingerprint density at radius 1 is 1.53 bits per heavy atom. The Morgan fingerprint density at radius 3 is 2.76 bits per heavy atom. The number of amides is 1. The van der Waals surface area contributed by atoms with Crippen molar-refractivity contribution < 1.29 is 4.79 Å². The van der Waals surface area contributed by atoms with E-state index in [1.165, 1.54) is 0 Å². The molecule has 1 aromatic heterocycles. The second-order valence-electron chi connectivity index (χ2n) is 4.52. The summed E-state index contributed by atoms with van der Waals surface area (Å²) >= 11 is 4.10. The minimum Gasteiger partial charge on any atom is -0.343 e. The van der Waals surface area contributed by atoms with Gasteiger partial charge in [0.2, 0.25) is 5.91 Å². The smallest absolute Gasteiger partial charge is 0.223 e. The van der Waals surface area contributed by atoms with Crippen molar-refractivity contribution in [3.63, 3.8) is 0 Å². The van der Waals surface area contributed by atoms with Gasteiger partial charge in [-0.25, -0.2) is 0 Å². The summed E-state index contributed by atoms with van der Waals surface area (Å²) in [5, 5.41) is 4.44. The molecule has 1 aromatic rings. The number of carbonyl (C=O) groups is 1. The van der Waals surface area contributed by atoms with Gasteiger partial charge in [-0.2, -0.15) is 17.7 Å². The van der Waals surface area contributed by atoms with Crippen molar-refractivity contribution in [2.24, 2.45) is 0 Å². The molecule has 0 aliphatic carbocycles. The minimum atomic E-state index is 0.232. The van der Waals surface area contributed by atoms with Gasteiger partial charge in [0, 0.05) is 25.7 Å². The maximum Gasteiger partial charge on any atom is 0.223 e. The van der Waals surface area contributed by atoms with Gasteiger partial charge in [0.25, 0.3) is 0 Å². The highest BCUT2D eigenvalue weighted by Gasteiger charge is 2.23. The lowest BCUT2D eigenvalue weighted by atomic mass is 10.1. The van der Waals surface area contributed by atoms with Crippen LogP contribution in [-0.2, 0) is 4.79 Å². The fourth-order valence-corrected chi connectivity index (χ4v) is 2.46. The molecule has 0 radical (unpaired) electrons. The zero-order valence-electron chi connectivity index (χ0n) is 10.2. The van der Waals surface area contributed by atoms with Crippen LogP contribution in [0.5, 0.6) is 0 Å². The van der Waals surface area contributed by atoms with Gasteiger partial charge < -0.3 is 4.90 Å². The SMILES string of the molecule is Cc1ccn(C2CCN(C(=O)CCS)CC2)n1. The average molecular weight is 253 g/mol. The molecule has 1 aliphatic heterocycles. The van der Waals surface area contributed by atoms with Crippen molar-refractivity contribution in [2.45, 2.75) is 32.2 Å². The first-order chi connectivity index (χ1) is 8.20. The van der Waals surface area contributed by atoms with Gasteiger partial charge in [-0.15, -0.1) is 0 Å². The number of nitrogens with zero attached hydrogens (tertiary/aromatic N) is 3. The van der Waals surface area contributed by atoms with E-state index in [0.29, 0.717) is 18.2 Å². The fourth-order valence-electron chi connectivity index (χ4n) is 2.27. The molecule has 2 heterocycles. The number of hydrogen-bond acceptors (Lipinski definition) is 3. The van der Waals surface area contributed by atoms with E-state index in [4.69, 9.17) is 0 Å². The van der Waals surface area contributed by atoms with Crippen molar-refractivity contribution >= 4 is 18.5 Å². The summed E-state index contributed by atoms with van der Waals surface area (Å²) in [7, 11) is 0. The molecule has 0 saturated carbocycles. The van der Waals surface area contributed by atoms with Gasteiger partial charge in [0.1, 0.15) is 0 Å².